The predicted octanol–water partition coefficient (Wildman–Crippen LogP) is 3.00. The largest absolute Gasteiger partial charge is 0.396 e. The van der Waals surface area contributed by atoms with E-state index in [1.807, 2.05) is 36.6 Å². The first-order valence-corrected chi connectivity index (χ1v) is 9.04. The summed E-state index contributed by atoms with van der Waals surface area (Å²) < 4.78 is 0. The molecule has 1 aliphatic carbocycles. The molecular formula is C18H23N3O2S. The van der Waals surface area contributed by atoms with Gasteiger partial charge in [0, 0.05) is 37.4 Å². The summed E-state index contributed by atoms with van der Waals surface area (Å²) in [5.74, 6) is -0.0510. The molecule has 1 aromatic heterocycles. The van der Waals surface area contributed by atoms with Crippen molar-refractivity contribution >= 4 is 28.1 Å². The number of aryl methyl sites for hydroxylation is 1. The van der Waals surface area contributed by atoms with Crippen LogP contribution in [0.2, 0.25) is 0 Å². The number of hydrogen-bond acceptors (Lipinski definition) is 5. The number of carbonyl (C=O) groups is 1. The van der Waals surface area contributed by atoms with E-state index in [4.69, 9.17) is 0 Å². The number of aromatic nitrogens is 1. The lowest BCUT2D eigenvalue weighted by Crippen LogP contribution is -2.26. The summed E-state index contributed by atoms with van der Waals surface area (Å²) in [7, 11) is 0. The van der Waals surface area contributed by atoms with Crippen molar-refractivity contribution in [2.45, 2.75) is 33.2 Å². The van der Waals surface area contributed by atoms with Gasteiger partial charge < -0.3 is 10.4 Å². The molecule has 1 amide bonds. The maximum absolute atomic E-state index is 12.1. The molecule has 0 bridgehead atoms. The van der Waals surface area contributed by atoms with Crippen molar-refractivity contribution in [2.75, 3.05) is 18.1 Å². The summed E-state index contributed by atoms with van der Waals surface area (Å²) in [6.45, 7) is 5.28. The van der Waals surface area contributed by atoms with Gasteiger partial charge in [-0.3, -0.25) is 9.69 Å². The quantitative estimate of drug-likeness (QED) is 0.810. The summed E-state index contributed by atoms with van der Waals surface area (Å²) in [4.78, 5) is 18.3. The van der Waals surface area contributed by atoms with Gasteiger partial charge in [-0.25, -0.2) is 4.98 Å². The molecule has 0 saturated heterocycles. The second kappa shape index (κ2) is 7.01. The van der Waals surface area contributed by atoms with Gasteiger partial charge in [0.15, 0.2) is 5.13 Å². The van der Waals surface area contributed by atoms with Crippen molar-refractivity contribution in [3.63, 3.8) is 0 Å². The molecule has 0 aliphatic heterocycles. The maximum atomic E-state index is 12.1. The normalized spacial score (nSPS) is 15.3. The molecule has 24 heavy (non-hydrogen) atoms. The van der Waals surface area contributed by atoms with Crippen LogP contribution in [0.3, 0.4) is 0 Å². The van der Waals surface area contributed by atoms with Crippen molar-refractivity contribution < 1.29 is 9.90 Å². The lowest BCUT2D eigenvalue weighted by molar-refractivity contribution is -0.115. The Morgan fingerprint density at radius 2 is 2.08 bits per heavy atom. The number of aliphatic hydroxyl groups is 1. The fraction of sp³-hybridized carbons (Fsp3) is 0.444. The van der Waals surface area contributed by atoms with E-state index in [1.54, 1.807) is 11.8 Å². The lowest BCUT2D eigenvalue weighted by atomic mass is 10.1. The molecule has 2 N–H and O–H groups in total. The van der Waals surface area contributed by atoms with Crippen LogP contribution in [0.25, 0.3) is 0 Å². The first kappa shape index (κ1) is 17.1. The van der Waals surface area contributed by atoms with Gasteiger partial charge in [-0.05, 0) is 31.9 Å². The van der Waals surface area contributed by atoms with Gasteiger partial charge in [-0.15, -0.1) is 11.3 Å². The highest BCUT2D eigenvalue weighted by molar-refractivity contribution is 7.14. The third-order valence-corrected chi connectivity index (χ3v) is 5.31. The zero-order valence-electron chi connectivity index (χ0n) is 14.1. The van der Waals surface area contributed by atoms with E-state index >= 15 is 0 Å². The number of carbonyl (C=O) groups excluding carboxylic acids is 1. The molecule has 0 atom stereocenters. The van der Waals surface area contributed by atoms with Gasteiger partial charge in [0.1, 0.15) is 0 Å². The van der Waals surface area contributed by atoms with Crippen LogP contribution in [0, 0.1) is 12.3 Å². The number of anilines is 2. The molecule has 0 radical (unpaired) electrons. The number of hydrogen-bond donors (Lipinski definition) is 2. The molecule has 3 rings (SSSR count). The van der Waals surface area contributed by atoms with Gasteiger partial charge in [-0.1, -0.05) is 17.7 Å². The van der Waals surface area contributed by atoms with E-state index in [9.17, 15) is 9.90 Å². The molecule has 128 valence electrons. The molecule has 2 aromatic rings. The molecule has 1 aromatic carbocycles. The van der Waals surface area contributed by atoms with Crippen molar-refractivity contribution in [2.24, 2.45) is 5.41 Å². The molecular weight excluding hydrogens is 322 g/mol. The number of thiazole rings is 1. The highest BCUT2D eigenvalue weighted by Crippen LogP contribution is 2.44. The maximum Gasteiger partial charge on any atom is 0.230 e. The third kappa shape index (κ3) is 3.83. The average Bonchev–Trinajstić information content (AvgIpc) is 3.20. The van der Waals surface area contributed by atoms with Crippen LogP contribution in [0.5, 0.6) is 0 Å². The van der Waals surface area contributed by atoms with Crippen LogP contribution in [-0.4, -0.2) is 29.1 Å². The van der Waals surface area contributed by atoms with Crippen molar-refractivity contribution in [3.8, 4) is 0 Å². The number of benzene rings is 1. The first-order valence-electron chi connectivity index (χ1n) is 8.16. The zero-order chi connectivity index (χ0) is 17.2. The SMILES string of the molecule is CC(=O)N(c1ccc(C)cc1)c1nc(CNCC2(CO)CC2)cs1. The first-order chi connectivity index (χ1) is 11.5. The van der Waals surface area contributed by atoms with E-state index in [0.29, 0.717) is 11.7 Å². The summed E-state index contributed by atoms with van der Waals surface area (Å²) >= 11 is 1.47. The average molecular weight is 345 g/mol. The topological polar surface area (TPSA) is 65.5 Å². The van der Waals surface area contributed by atoms with Crippen molar-refractivity contribution in [3.05, 3.63) is 40.9 Å². The van der Waals surface area contributed by atoms with Crippen LogP contribution in [0.4, 0.5) is 10.8 Å². The Bertz CT molecular complexity index is 707. The second-order valence-electron chi connectivity index (χ2n) is 6.57. The minimum absolute atomic E-state index is 0.0510. The molecule has 0 spiro atoms. The number of rotatable bonds is 7. The number of aliphatic hydroxyl groups excluding tert-OH is 1. The summed E-state index contributed by atoms with van der Waals surface area (Å²) in [5.41, 5.74) is 3.00. The Hall–Kier alpha value is -1.76. The second-order valence-corrected chi connectivity index (χ2v) is 7.41. The monoisotopic (exact) mass is 345 g/mol. The van der Waals surface area contributed by atoms with Crippen molar-refractivity contribution in [1.82, 2.24) is 10.3 Å². The van der Waals surface area contributed by atoms with Gasteiger partial charge >= 0.3 is 0 Å². The minimum atomic E-state index is -0.0510. The van der Waals surface area contributed by atoms with Crippen LogP contribution in [-0.2, 0) is 11.3 Å². The molecule has 1 fully saturated rings. The Morgan fingerprint density at radius 3 is 2.67 bits per heavy atom. The van der Waals surface area contributed by atoms with E-state index in [-0.39, 0.29) is 17.9 Å². The van der Waals surface area contributed by atoms with Crippen LogP contribution in [0.15, 0.2) is 29.6 Å². The molecule has 1 saturated carbocycles. The molecule has 1 aliphatic rings. The third-order valence-electron chi connectivity index (χ3n) is 4.44. The smallest absolute Gasteiger partial charge is 0.230 e. The lowest BCUT2D eigenvalue weighted by Gasteiger charge is -2.18. The van der Waals surface area contributed by atoms with Crippen LogP contribution >= 0.6 is 11.3 Å². The Labute approximate surface area is 146 Å². The molecule has 0 unspecified atom stereocenters. The Morgan fingerprint density at radius 1 is 1.38 bits per heavy atom. The fourth-order valence-electron chi connectivity index (χ4n) is 2.62. The number of amides is 1. The number of nitrogens with zero attached hydrogens (tertiary/aromatic N) is 2. The van der Waals surface area contributed by atoms with Gasteiger partial charge in [0.2, 0.25) is 5.91 Å². The van der Waals surface area contributed by atoms with Crippen molar-refractivity contribution in [1.29, 1.82) is 0 Å². The summed E-state index contributed by atoms with van der Waals surface area (Å²) in [6.07, 6.45) is 2.18. The van der Waals surface area contributed by atoms with Gasteiger partial charge in [0.25, 0.3) is 0 Å². The van der Waals surface area contributed by atoms with E-state index in [0.717, 1.165) is 36.3 Å². The molecule has 1 heterocycles. The van der Waals surface area contributed by atoms with Crippen LogP contribution in [0.1, 0.15) is 31.0 Å². The van der Waals surface area contributed by atoms with E-state index in [1.165, 1.54) is 11.3 Å². The molecule has 6 heteroatoms. The highest BCUT2D eigenvalue weighted by atomic mass is 32.1. The summed E-state index contributed by atoms with van der Waals surface area (Å²) in [5, 5.41) is 15.4. The standard InChI is InChI=1S/C18H23N3O2S/c1-13-3-5-16(6-4-13)21(14(2)23)17-20-15(10-24-17)9-19-11-18(12-22)7-8-18/h3-6,10,19,22H,7-9,11-12H2,1-2H3. The molecule has 5 nitrogen and oxygen atoms in total. The number of nitrogens with one attached hydrogen (secondary N) is 1. The van der Waals surface area contributed by atoms with Gasteiger partial charge in [-0.2, -0.15) is 0 Å². The summed E-state index contributed by atoms with van der Waals surface area (Å²) in [6, 6.07) is 7.86. The minimum Gasteiger partial charge on any atom is -0.396 e. The highest BCUT2D eigenvalue weighted by Gasteiger charge is 2.41. The Kier molecular flexibility index (Phi) is 4.99. The van der Waals surface area contributed by atoms with E-state index < -0.39 is 0 Å². The van der Waals surface area contributed by atoms with E-state index in [2.05, 4.69) is 10.3 Å². The zero-order valence-corrected chi connectivity index (χ0v) is 14.9. The Balaban J connectivity index is 1.67. The predicted molar refractivity (Wildman–Crippen MR) is 96.6 cm³/mol. The van der Waals surface area contributed by atoms with Crippen LogP contribution < -0.4 is 10.2 Å². The van der Waals surface area contributed by atoms with Gasteiger partial charge in [0.05, 0.1) is 11.4 Å². The fourth-order valence-corrected chi connectivity index (χ4v) is 3.51.